The molecule has 35 heavy (non-hydrogen) atoms. The first-order chi connectivity index (χ1) is 16.7. The number of hydrogen-bond acceptors (Lipinski definition) is 5. The van der Waals surface area contributed by atoms with Crippen molar-refractivity contribution in [3.05, 3.63) is 51.9 Å². The number of benzene rings is 1. The number of piperazine rings is 1. The molecule has 0 radical (unpaired) electrons. The quantitative estimate of drug-likeness (QED) is 0.443. The van der Waals surface area contributed by atoms with E-state index in [1.165, 1.54) is 0 Å². The first kappa shape index (κ1) is 25.1. The van der Waals surface area contributed by atoms with Gasteiger partial charge in [0.1, 0.15) is 11.4 Å². The van der Waals surface area contributed by atoms with Crippen LogP contribution in [-0.4, -0.2) is 56.7 Å². The average molecular weight is 500 g/mol. The van der Waals surface area contributed by atoms with Crippen LogP contribution >= 0.6 is 11.6 Å². The van der Waals surface area contributed by atoms with Crippen LogP contribution in [0.1, 0.15) is 47.0 Å². The summed E-state index contributed by atoms with van der Waals surface area (Å²) in [6.07, 6.45) is 4.68. The summed E-state index contributed by atoms with van der Waals surface area (Å²) in [4.78, 5) is 34.4. The Kier molecular flexibility index (Phi) is 7.40. The number of amides is 1. The van der Waals surface area contributed by atoms with Gasteiger partial charge >= 0.3 is 6.09 Å². The molecular weight excluding hydrogens is 466 g/mol. The number of aryl methyl sites for hydroxylation is 1. The van der Waals surface area contributed by atoms with Crippen molar-refractivity contribution in [3.8, 4) is 11.3 Å². The second-order valence-corrected chi connectivity index (χ2v) is 10.4. The van der Waals surface area contributed by atoms with Crippen molar-refractivity contribution in [2.45, 2.75) is 59.1 Å². The molecule has 188 valence electrons. The highest BCUT2D eigenvalue weighted by Gasteiger charge is 2.27. The summed E-state index contributed by atoms with van der Waals surface area (Å²) >= 11 is 6.05. The standard InChI is InChI=1S/C26H34ClN5O3/c1-5-6-7-12-31-22(29-13-15-30(16-14-29)25(34)35-26(2,3)4)17-23(33)32-18-21(28-24(31)32)19-8-10-20(27)11-9-19/h8-11,17-18H,5-7,12-16H2,1-4H3. The van der Waals surface area contributed by atoms with E-state index in [0.29, 0.717) is 37.0 Å². The third kappa shape index (κ3) is 5.81. The van der Waals surface area contributed by atoms with Crippen LogP contribution in [0, 0.1) is 0 Å². The zero-order chi connectivity index (χ0) is 25.2. The average Bonchev–Trinajstić information content (AvgIpc) is 3.26. The number of halogens is 1. The van der Waals surface area contributed by atoms with Crippen molar-refractivity contribution in [2.24, 2.45) is 0 Å². The van der Waals surface area contributed by atoms with Gasteiger partial charge in [-0.15, -0.1) is 0 Å². The molecule has 8 nitrogen and oxygen atoms in total. The molecule has 1 amide bonds. The summed E-state index contributed by atoms with van der Waals surface area (Å²) in [5.41, 5.74) is 0.991. The summed E-state index contributed by atoms with van der Waals surface area (Å²) in [6.45, 7) is 10.8. The van der Waals surface area contributed by atoms with Crippen LogP contribution in [0.4, 0.5) is 10.6 Å². The van der Waals surface area contributed by atoms with Crippen LogP contribution in [0.5, 0.6) is 0 Å². The summed E-state index contributed by atoms with van der Waals surface area (Å²) in [5.74, 6) is 1.47. The largest absolute Gasteiger partial charge is 0.444 e. The van der Waals surface area contributed by atoms with E-state index in [1.807, 2.05) is 45.0 Å². The fourth-order valence-electron chi connectivity index (χ4n) is 4.28. The van der Waals surface area contributed by atoms with Gasteiger partial charge in [0, 0.05) is 55.6 Å². The first-order valence-corrected chi connectivity index (χ1v) is 12.7. The highest BCUT2D eigenvalue weighted by Crippen LogP contribution is 2.24. The molecule has 0 bridgehead atoms. The Balaban J connectivity index is 1.65. The number of carbonyl (C=O) groups is 1. The summed E-state index contributed by atoms with van der Waals surface area (Å²) in [5, 5.41) is 0.657. The molecule has 1 aliphatic heterocycles. The second kappa shape index (κ2) is 10.3. The van der Waals surface area contributed by atoms with Crippen LogP contribution in [0.3, 0.4) is 0 Å². The normalized spacial score (nSPS) is 14.5. The van der Waals surface area contributed by atoms with Gasteiger partial charge in [-0.1, -0.05) is 43.5 Å². The molecular formula is C26H34ClN5O3. The Morgan fingerprint density at radius 1 is 1.09 bits per heavy atom. The Morgan fingerprint density at radius 2 is 1.77 bits per heavy atom. The highest BCUT2D eigenvalue weighted by atomic mass is 35.5. The fraction of sp³-hybridized carbons (Fsp3) is 0.500. The number of unbranched alkanes of at least 4 members (excludes halogenated alkanes) is 2. The van der Waals surface area contributed by atoms with E-state index in [-0.39, 0.29) is 11.7 Å². The van der Waals surface area contributed by atoms with Crippen molar-refractivity contribution < 1.29 is 9.53 Å². The number of carbonyl (C=O) groups excluding carboxylic acids is 1. The van der Waals surface area contributed by atoms with Crippen LogP contribution < -0.4 is 10.5 Å². The van der Waals surface area contributed by atoms with Crippen molar-refractivity contribution >= 4 is 29.3 Å². The molecule has 1 fully saturated rings. The fourth-order valence-corrected chi connectivity index (χ4v) is 4.41. The Morgan fingerprint density at radius 3 is 2.40 bits per heavy atom. The SMILES string of the molecule is CCCCCn1c(N2CCN(C(=O)OC(C)(C)C)CC2)cc(=O)n2cc(-c3ccc(Cl)cc3)nc12. The molecule has 0 atom stereocenters. The van der Waals surface area contributed by atoms with Gasteiger partial charge in [-0.2, -0.15) is 0 Å². The minimum Gasteiger partial charge on any atom is -0.444 e. The number of nitrogens with zero attached hydrogens (tertiary/aromatic N) is 5. The zero-order valence-corrected chi connectivity index (χ0v) is 21.7. The Bertz CT molecular complexity index is 1230. The van der Waals surface area contributed by atoms with Gasteiger partial charge in [-0.25, -0.2) is 9.78 Å². The monoisotopic (exact) mass is 499 g/mol. The minimum atomic E-state index is -0.526. The lowest BCUT2D eigenvalue weighted by Crippen LogP contribution is -2.51. The molecule has 0 N–H and O–H groups in total. The Labute approximate surface area is 211 Å². The molecule has 9 heteroatoms. The van der Waals surface area contributed by atoms with Crippen molar-refractivity contribution in [1.82, 2.24) is 18.9 Å². The van der Waals surface area contributed by atoms with E-state index in [4.69, 9.17) is 21.3 Å². The molecule has 0 unspecified atom stereocenters. The van der Waals surface area contributed by atoms with Crippen LogP contribution in [-0.2, 0) is 11.3 Å². The van der Waals surface area contributed by atoms with Gasteiger partial charge in [-0.05, 0) is 39.3 Å². The third-order valence-electron chi connectivity index (χ3n) is 6.08. The smallest absolute Gasteiger partial charge is 0.410 e. The van der Waals surface area contributed by atoms with Gasteiger partial charge in [0.15, 0.2) is 0 Å². The van der Waals surface area contributed by atoms with Gasteiger partial charge in [0.2, 0.25) is 5.78 Å². The van der Waals surface area contributed by atoms with E-state index in [2.05, 4.69) is 16.4 Å². The number of fused-ring (bicyclic) bond motifs is 1. The predicted octanol–water partition coefficient (Wildman–Crippen LogP) is 5.06. The molecule has 4 rings (SSSR count). The number of anilines is 1. The van der Waals surface area contributed by atoms with Gasteiger partial charge in [0.25, 0.3) is 5.56 Å². The first-order valence-electron chi connectivity index (χ1n) is 12.3. The van der Waals surface area contributed by atoms with Gasteiger partial charge < -0.3 is 14.5 Å². The molecule has 1 aliphatic rings. The topological polar surface area (TPSA) is 72.1 Å². The lowest BCUT2D eigenvalue weighted by atomic mass is 10.2. The molecule has 1 saturated heterocycles. The molecule has 0 aliphatic carbocycles. The number of rotatable bonds is 6. The molecule has 1 aromatic carbocycles. The number of hydrogen-bond donors (Lipinski definition) is 0. The lowest BCUT2D eigenvalue weighted by molar-refractivity contribution is 0.0240. The van der Waals surface area contributed by atoms with Crippen molar-refractivity contribution in [2.75, 3.05) is 31.1 Å². The molecule has 0 saturated carbocycles. The lowest BCUT2D eigenvalue weighted by Gasteiger charge is -2.37. The summed E-state index contributed by atoms with van der Waals surface area (Å²) < 4.78 is 9.29. The van der Waals surface area contributed by atoms with Crippen LogP contribution in [0.25, 0.3) is 17.0 Å². The molecule has 3 aromatic rings. The predicted molar refractivity (Wildman–Crippen MR) is 139 cm³/mol. The molecule has 2 aromatic heterocycles. The van der Waals surface area contributed by atoms with E-state index in [1.54, 1.807) is 21.6 Å². The van der Waals surface area contributed by atoms with E-state index < -0.39 is 5.60 Å². The number of ether oxygens (including phenoxy) is 1. The van der Waals surface area contributed by atoms with Crippen LogP contribution in [0.2, 0.25) is 5.02 Å². The number of aromatic nitrogens is 3. The van der Waals surface area contributed by atoms with Gasteiger partial charge in [-0.3, -0.25) is 13.8 Å². The van der Waals surface area contributed by atoms with Gasteiger partial charge in [0.05, 0.1) is 5.69 Å². The third-order valence-corrected chi connectivity index (χ3v) is 6.33. The minimum absolute atomic E-state index is 0.121. The van der Waals surface area contributed by atoms with Crippen LogP contribution in [0.15, 0.2) is 41.3 Å². The van der Waals surface area contributed by atoms with Crippen molar-refractivity contribution in [3.63, 3.8) is 0 Å². The maximum atomic E-state index is 13.1. The molecule has 0 spiro atoms. The molecule has 3 heterocycles. The van der Waals surface area contributed by atoms with E-state index in [9.17, 15) is 9.59 Å². The summed E-state index contributed by atoms with van der Waals surface area (Å²) in [7, 11) is 0. The maximum Gasteiger partial charge on any atom is 0.410 e. The second-order valence-electron chi connectivity index (χ2n) is 9.96. The van der Waals surface area contributed by atoms with E-state index in [0.717, 1.165) is 42.9 Å². The number of imidazole rings is 1. The Hall–Kier alpha value is -3.00. The highest BCUT2D eigenvalue weighted by molar-refractivity contribution is 6.30. The summed E-state index contributed by atoms with van der Waals surface area (Å²) in [6, 6.07) is 9.16. The van der Waals surface area contributed by atoms with Crippen molar-refractivity contribution in [1.29, 1.82) is 0 Å². The zero-order valence-electron chi connectivity index (χ0n) is 21.0. The van der Waals surface area contributed by atoms with E-state index >= 15 is 0 Å². The maximum absolute atomic E-state index is 13.1.